The van der Waals surface area contributed by atoms with Crippen molar-refractivity contribution in [1.29, 1.82) is 0 Å². The van der Waals surface area contributed by atoms with E-state index in [1.807, 2.05) is 32.9 Å². The Labute approximate surface area is 127 Å². The number of rotatable bonds is 9. The molecule has 118 valence electrons. The summed E-state index contributed by atoms with van der Waals surface area (Å²) in [4.78, 5) is 11.2. The van der Waals surface area contributed by atoms with Crippen molar-refractivity contribution in [3.8, 4) is 5.75 Å². The predicted octanol–water partition coefficient (Wildman–Crippen LogP) is 3.52. The molecular weight excluding hydrogens is 266 g/mol. The van der Waals surface area contributed by atoms with Crippen LogP contribution in [0.1, 0.15) is 56.7 Å². The molecule has 0 radical (unpaired) electrons. The third-order valence-electron chi connectivity index (χ3n) is 3.24. The van der Waals surface area contributed by atoms with E-state index in [1.165, 1.54) is 5.56 Å². The smallest absolute Gasteiger partial charge is 0.305 e. The van der Waals surface area contributed by atoms with Crippen LogP contribution in [0.2, 0.25) is 0 Å². The lowest BCUT2D eigenvalue weighted by molar-refractivity contribution is -0.143. The van der Waals surface area contributed by atoms with Gasteiger partial charge in [-0.15, -0.1) is 0 Å². The largest absolute Gasteiger partial charge is 0.493 e. The van der Waals surface area contributed by atoms with Crippen LogP contribution in [-0.4, -0.2) is 19.2 Å². The summed E-state index contributed by atoms with van der Waals surface area (Å²) in [6.45, 7) is 6.93. The third kappa shape index (κ3) is 6.63. The average Bonchev–Trinajstić information content (AvgIpc) is 2.44. The van der Waals surface area contributed by atoms with Gasteiger partial charge in [-0.1, -0.05) is 17.7 Å². The van der Waals surface area contributed by atoms with E-state index in [1.54, 1.807) is 0 Å². The first kappa shape index (κ1) is 17.5. The van der Waals surface area contributed by atoms with Gasteiger partial charge in [-0.05, 0) is 46.1 Å². The van der Waals surface area contributed by atoms with E-state index in [-0.39, 0.29) is 12.0 Å². The highest BCUT2D eigenvalue weighted by molar-refractivity contribution is 5.69. The maximum absolute atomic E-state index is 11.2. The Hall–Kier alpha value is -1.55. The lowest BCUT2D eigenvalue weighted by atomic mass is 10.1. The van der Waals surface area contributed by atoms with Crippen LogP contribution in [0.4, 0.5) is 0 Å². The lowest BCUT2D eigenvalue weighted by Crippen LogP contribution is -2.09. The SMILES string of the molecule is CCOC(=O)CCCCCOc1ccc(C)cc1[C@@H](C)N. The highest BCUT2D eigenvalue weighted by atomic mass is 16.5. The number of carbonyl (C=O) groups excluding carboxylic acids is 1. The molecule has 0 bridgehead atoms. The molecule has 2 N–H and O–H groups in total. The van der Waals surface area contributed by atoms with Crippen molar-refractivity contribution in [2.24, 2.45) is 5.73 Å². The Morgan fingerprint density at radius 2 is 2.05 bits per heavy atom. The zero-order valence-corrected chi connectivity index (χ0v) is 13.4. The topological polar surface area (TPSA) is 61.5 Å². The Morgan fingerprint density at radius 3 is 2.71 bits per heavy atom. The number of carbonyl (C=O) groups is 1. The summed E-state index contributed by atoms with van der Waals surface area (Å²) < 4.78 is 10.7. The molecule has 0 heterocycles. The Kier molecular flexibility index (Phi) is 7.83. The van der Waals surface area contributed by atoms with Crippen LogP contribution in [0, 0.1) is 6.92 Å². The summed E-state index contributed by atoms with van der Waals surface area (Å²) in [6.07, 6.45) is 3.21. The minimum atomic E-state index is -0.115. The van der Waals surface area contributed by atoms with E-state index >= 15 is 0 Å². The summed E-state index contributed by atoms with van der Waals surface area (Å²) in [5.74, 6) is 0.747. The van der Waals surface area contributed by atoms with E-state index in [4.69, 9.17) is 15.2 Å². The van der Waals surface area contributed by atoms with Gasteiger partial charge in [0.1, 0.15) is 5.75 Å². The molecule has 4 nitrogen and oxygen atoms in total. The van der Waals surface area contributed by atoms with E-state index in [2.05, 4.69) is 6.07 Å². The molecule has 4 heteroatoms. The van der Waals surface area contributed by atoms with Gasteiger partial charge in [0.25, 0.3) is 0 Å². The van der Waals surface area contributed by atoms with Crippen molar-refractivity contribution in [3.05, 3.63) is 29.3 Å². The van der Waals surface area contributed by atoms with Gasteiger partial charge in [-0.2, -0.15) is 0 Å². The monoisotopic (exact) mass is 293 g/mol. The number of nitrogens with two attached hydrogens (primary N) is 1. The van der Waals surface area contributed by atoms with Crippen LogP contribution in [0.15, 0.2) is 18.2 Å². The highest BCUT2D eigenvalue weighted by Gasteiger charge is 2.08. The first-order valence-electron chi connectivity index (χ1n) is 7.69. The standard InChI is InChI=1S/C17H27NO3/c1-4-20-17(19)8-6-5-7-11-21-16-10-9-13(2)12-15(16)14(3)18/h9-10,12,14H,4-8,11,18H2,1-3H3/t14-/m1/s1. The number of unbranched alkanes of at least 4 members (excludes halogenated alkanes) is 2. The molecule has 0 fully saturated rings. The minimum absolute atomic E-state index is 0.0382. The minimum Gasteiger partial charge on any atom is -0.493 e. The van der Waals surface area contributed by atoms with Gasteiger partial charge in [0.15, 0.2) is 0 Å². The maximum atomic E-state index is 11.2. The van der Waals surface area contributed by atoms with Gasteiger partial charge in [-0.25, -0.2) is 0 Å². The molecule has 0 aromatic heterocycles. The number of esters is 1. The zero-order chi connectivity index (χ0) is 15.7. The van der Waals surface area contributed by atoms with Gasteiger partial charge >= 0.3 is 5.97 Å². The summed E-state index contributed by atoms with van der Waals surface area (Å²) in [5, 5.41) is 0. The Bertz CT molecular complexity index is 444. The second-order valence-corrected chi connectivity index (χ2v) is 5.29. The average molecular weight is 293 g/mol. The van der Waals surface area contributed by atoms with Gasteiger partial charge in [-0.3, -0.25) is 4.79 Å². The van der Waals surface area contributed by atoms with Crippen LogP contribution < -0.4 is 10.5 Å². The highest BCUT2D eigenvalue weighted by Crippen LogP contribution is 2.25. The molecular formula is C17H27NO3. The maximum Gasteiger partial charge on any atom is 0.305 e. The molecule has 0 saturated heterocycles. The summed E-state index contributed by atoms with van der Waals surface area (Å²) in [6, 6.07) is 6.04. The van der Waals surface area contributed by atoms with Crippen LogP contribution in [0.5, 0.6) is 5.75 Å². The second kappa shape index (κ2) is 9.40. The zero-order valence-electron chi connectivity index (χ0n) is 13.4. The molecule has 0 saturated carbocycles. The molecule has 1 aromatic carbocycles. The first-order valence-corrected chi connectivity index (χ1v) is 7.69. The second-order valence-electron chi connectivity index (χ2n) is 5.29. The fraction of sp³-hybridized carbons (Fsp3) is 0.588. The molecule has 21 heavy (non-hydrogen) atoms. The summed E-state index contributed by atoms with van der Waals surface area (Å²) in [5.41, 5.74) is 8.19. The molecule has 0 aliphatic carbocycles. The molecule has 0 unspecified atom stereocenters. The number of benzene rings is 1. The Morgan fingerprint density at radius 1 is 1.29 bits per heavy atom. The van der Waals surface area contributed by atoms with Crippen molar-refractivity contribution in [2.75, 3.05) is 13.2 Å². The molecule has 1 rings (SSSR count). The van der Waals surface area contributed by atoms with Gasteiger partial charge in [0, 0.05) is 18.0 Å². The van der Waals surface area contributed by atoms with Crippen molar-refractivity contribution >= 4 is 5.97 Å². The fourth-order valence-corrected chi connectivity index (χ4v) is 2.12. The molecule has 0 aliphatic rings. The molecule has 0 spiro atoms. The van der Waals surface area contributed by atoms with Gasteiger partial charge in [0.2, 0.25) is 0 Å². The van der Waals surface area contributed by atoms with Gasteiger partial charge in [0.05, 0.1) is 13.2 Å². The van der Waals surface area contributed by atoms with Crippen molar-refractivity contribution in [2.45, 2.75) is 52.5 Å². The van der Waals surface area contributed by atoms with Crippen LogP contribution in [0.3, 0.4) is 0 Å². The van der Waals surface area contributed by atoms with E-state index in [9.17, 15) is 4.79 Å². The lowest BCUT2D eigenvalue weighted by Gasteiger charge is -2.14. The van der Waals surface area contributed by atoms with E-state index in [0.717, 1.165) is 30.6 Å². The van der Waals surface area contributed by atoms with Gasteiger partial charge < -0.3 is 15.2 Å². The number of ether oxygens (including phenoxy) is 2. The van der Waals surface area contributed by atoms with Crippen molar-refractivity contribution in [3.63, 3.8) is 0 Å². The molecule has 1 atom stereocenters. The normalized spacial score (nSPS) is 12.0. The number of aryl methyl sites for hydroxylation is 1. The van der Waals surface area contributed by atoms with E-state index < -0.39 is 0 Å². The molecule has 0 amide bonds. The Balaban J connectivity index is 2.28. The van der Waals surface area contributed by atoms with Crippen molar-refractivity contribution in [1.82, 2.24) is 0 Å². The quantitative estimate of drug-likeness (QED) is 0.559. The first-order chi connectivity index (χ1) is 10.0. The third-order valence-corrected chi connectivity index (χ3v) is 3.24. The van der Waals surface area contributed by atoms with Crippen LogP contribution in [0.25, 0.3) is 0 Å². The summed E-state index contributed by atoms with van der Waals surface area (Å²) >= 11 is 0. The fourth-order valence-electron chi connectivity index (χ4n) is 2.12. The van der Waals surface area contributed by atoms with Crippen LogP contribution >= 0.6 is 0 Å². The number of hydrogen-bond donors (Lipinski definition) is 1. The van der Waals surface area contributed by atoms with E-state index in [0.29, 0.717) is 19.6 Å². The number of hydrogen-bond acceptors (Lipinski definition) is 4. The van der Waals surface area contributed by atoms with Crippen molar-refractivity contribution < 1.29 is 14.3 Å². The predicted molar refractivity (Wildman–Crippen MR) is 84.4 cm³/mol. The van der Waals surface area contributed by atoms with Crippen LogP contribution in [-0.2, 0) is 9.53 Å². The molecule has 1 aromatic rings. The molecule has 0 aliphatic heterocycles. The summed E-state index contributed by atoms with van der Waals surface area (Å²) in [7, 11) is 0.